The Labute approximate surface area is 222 Å². The van der Waals surface area contributed by atoms with Crippen molar-refractivity contribution in [3.8, 4) is 5.75 Å². The number of tetrazole rings is 1. The van der Waals surface area contributed by atoms with Gasteiger partial charge >= 0.3 is 12.4 Å². The fraction of sp³-hybridized carbons (Fsp3) is 0.435. The maximum atomic E-state index is 14.8. The molecule has 0 spiro atoms. The minimum Gasteiger partial charge on any atom is -0.494 e. The van der Waals surface area contributed by atoms with E-state index in [2.05, 4.69) is 30.9 Å². The lowest BCUT2D eigenvalue weighted by atomic mass is 9.78. The van der Waals surface area contributed by atoms with Crippen LogP contribution in [0.25, 0.3) is 11.1 Å². The zero-order valence-corrected chi connectivity index (χ0v) is 21.5. The number of amides is 1. The molecule has 1 aliphatic rings. The van der Waals surface area contributed by atoms with Crippen molar-refractivity contribution in [2.45, 2.75) is 43.6 Å². The number of thiazole rings is 1. The highest BCUT2D eigenvalue weighted by atomic mass is 32.1. The number of rotatable bonds is 9. The molecule has 3 heterocycles. The van der Waals surface area contributed by atoms with Crippen LogP contribution in [0, 0.1) is 0 Å². The van der Waals surface area contributed by atoms with Crippen molar-refractivity contribution in [3.05, 3.63) is 46.9 Å². The van der Waals surface area contributed by atoms with Crippen molar-refractivity contribution in [2.75, 3.05) is 25.6 Å². The predicted octanol–water partition coefficient (Wildman–Crippen LogP) is 4.72. The number of ether oxygens (including phenoxy) is 1. The number of carbonyl (C=O) groups is 1. The number of anilines is 1. The first-order chi connectivity index (χ1) is 18.3. The quantitative estimate of drug-likeness (QED) is 0.281. The van der Waals surface area contributed by atoms with Gasteiger partial charge in [0.15, 0.2) is 5.54 Å². The number of unbranched alkanes of at least 4 members (excludes halogenated alkanes) is 1. The van der Waals surface area contributed by atoms with E-state index in [0.717, 1.165) is 11.3 Å². The van der Waals surface area contributed by atoms with E-state index in [1.165, 1.54) is 30.5 Å². The number of hydrogen-bond acceptors (Lipinski definition) is 8. The number of nitrogens with one attached hydrogen (secondary N) is 2. The molecule has 1 aromatic carbocycles. The second kappa shape index (κ2) is 10.8. The van der Waals surface area contributed by atoms with Gasteiger partial charge in [0.25, 0.3) is 5.91 Å². The molecule has 4 rings (SSSR count). The third-order valence-electron chi connectivity index (χ3n) is 6.01. The second-order valence-electron chi connectivity index (χ2n) is 8.97. The van der Waals surface area contributed by atoms with Gasteiger partial charge in [-0.1, -0.05) is 23.5 Å². The number of H-pyrrole nitrogens is 1. The fourth-order valence-electron chi connectivity index (χ4n) is 4.05. The average molecular weight is 576 g/mol. The minimum atomic E-state index is -4.93. The Kier molecular flexibility index (Phi) is 7.86. The van der Waals surface area contributed by atoms with Gasteiger partial charge in [-0.25, -0.2) is 4.98 Å². The Morgan fingerprint density at radius 3 is 2.38 bits per heavy atom. The maximum absolute atomic E-state index is 14.8. The van der Waals surface area contributed by atoms with E-state index in [1.54, 1.807) is 19.0 Å². The summed E-state index contributed by atoms with van der Waals surface area (Å²) in [6.45, 7) is -0.0320. The Hall–Kier alpha value is -3.69. The molecule has 16 heteroatoms. The minimum absolute atomic E-state index is 0.000524. The normalized spacial score (nSPS) is 18.3. The molecule has 39 heavy (non-hydrogen) atoms. The number of aromatic amines is 1. The standard InChI is InChI=1S/C23H23F6N7O2S/c1-36(2)16-12-30-20(39-16)15-11-21(23(27,28)29,31-19(37)17(15)18-32-34-35-33-18)13-5-7-14(8-6-13)38-10-4-3-9-22(24,25)26/h5-8,12H,3-4,9-11H2,1-2H3,(H,31,37)(H,32,33,34,35)/t21-/m0/s1. The summed E-state index contributed by atoms with van der Waals surface area (Å²) in [5.41, 5.74) is -3.26. The van der Waals surface area contributed by atoms with Gasteiger partial charge in [0.05, 0.1) is 18.4 Å². The number of aromatic nitrogens is 5. The highest BCUT2D eigenvalue weighted by molar-refractivity contribution is 7.16. The first-order valence-corrected chi connectivity index (χ1v) is 12.4. The number of carbonyl (C=O) groups excluding carboxylic acids is 1. The van der Waals surface area contributed by atoms with Crippen LogP contribution in [0.1, 0.15) is 42.1 Å². The fourth-order valence-corrected chi connectivity index (χ4v) is 4.94. The summed E-state index contributed by atoms with van der Waals surface area (Å²) in [5, 5.41) is 16.2. The molecule has 1 aliphatic heterocycles. The van der Waals surface area contributed by atoms with E-state index >= 15 is 0 Å². The van der Waals surface area contributed by atoms with Gasteiger partial charge in [0.1, 0.15) is 15.8 Å². The van der Waals surface area contributed by atoms with Crippen molar-refractivity contribution >= 4 is 33.4 Å². The lowest BCUT2D eigenvalue weighted by molar-refractivity contribution is -0.201. The molecule has 2 N–H and O–H groups in total. The smallest absolute Gasteiger partial charge is 0.416 e. The van der Waals surface area contributed by atoms with Crippen LogP contribution in [-0.4, -0.2) is 64.6 Å². The molecule has 1 atom stereocenters. The molecule has 0 radical (unpaired) electrons. The van der Waals surface area contributed by atoms with Gasteiger partial charge in [-0.15, -0.1) is 10.2 Å². The third kappa shape index (κ3) is 6.15. The van der Waals surface area contributed by atoms with E-state index in [4.69, 9.17) is 4.74 Å². The van der Waals surface area contributed by atoms with Crippen molar-refractivity contribution in [3.63, 3.8) is 0 Å². The lowest BCUT2D eigenvalue weighted by Crippen LogP contribution is -2.58. The summed E-state index contributed by atoms with van der Waals surface area (Å²) in [4.78, 5) is 19.3. The largest absolute Gasteiger partial charge is 0.494 e. The summed E-state index contributed by atoms with van der Waals surface area (Å²) in [7, 11) is 3.50. The third-order valence-corrected chi connectivity index (χ3v) is 7.24. The molecule has 9 nitrogen and oxygen atoms in total. The van der Waals surface area contributed by atoms with E-state index in [1.807, 2.05) is 0 Å². The lowest BCUT2D eigenvalue weighted by Gasteiger charge is -2.40. The number of alkyl halides is 6. The first-order valence-electron chi connectivity index (χ1n) is 11.6. The summed E-state index contributed by atoms with van der Waals surface area (Å²) in [6.07, 6.45) is -9.36. The SMILES string of the molecule is CN(C)c1cnc(C2=C(c3nn[nH]n3)C(=O)N[C@@](c3ccc(OCCCCC(F)(F)F)cc3)(C(F)(F)F)C2)s1. The molecule has 0 bridgehead atoms. The molecular formula is C23H23F6N7O2S. The van der Waals surface area contributed by atoms with Crippen LogP contribution in [0.4, 0.5) is 31.3 Å². The van der Waals surface area contributed by atoms with Crippen molar-refractivity contribution < 1.29 is 35.9 Å². The predicted molar refractivity (Wildman–Crippen MR) is 130 cm³/mol. The number of nitrogens with zero attached hydrogens (tertiary/aromatic N) is 5. The molecule has 2 aromatic heterocycles. The van der Waals surface area contributed by atoms with Crippen molar-refractivity contribution in [1.82, 2.24) is 30.9 Å². The van der Waals surface area contributed by atoms with E-state index in [0.29, 0.717) is 5.00 Å². The molecule has 0 fully saturated rings. The van der Waals surface area contributed by atoms with E-state index in [9.17, 15) is 31.1 Å². The summed E-state index contributed by atoms with van der Waals surface area (Å²) in [6, 6.07) is 4.90. The molecule has 0 unspecified atom stereocenters. The maximum Gasteiger partial charge on any atom is 0.416 e. The van der Waals surface area contributed by atoms with Crippen LogP contribution in [0.3, 0.4) is 0 Å². The Morgan fingerprint density at radius 1 is 1.10 bits per heavy atom. The molecule has 0 aliphatic carbocycles. The topological polar surface area (TPSA) is 109 Å². The van der Waals surface area contributed by atoms with E-state index in [-0.39, 0.29) is 52.7 Å². The molecule has 0 saturated heterocycles. The zero-order chi connectivity index (χ0) is 28.4. The van der Waals surface area contributed by atoms with Crippen LogP contribution in [0.15, 0.2) is 30.5 Å². The van der Waals surface area contributed by atoms with Gasteiger partial charge in [0, 0.05) is 32.5 Å². The van der Waals surface area contributed by atoms with E-state index < -0.39 is 36.6 Å². The van der Waals surface area contributed by atoms with Crippen LogP contribution in [-0.2, 0) is 10.3 Å². The van der Waals surface area contributed by atoms with Gasteiger partial charge in [0.2, 0.25) is 5.82 Å². The molecule has 3 aromatic rings. The molecule has 0 saturated carbocycles. The number of benzene rings is 1. The zero-order valence-electron chi connectivity index (χ0n) is 20.7. The number of halogens is 6. The Morgan fingerprint density at radius 2 is 1.82 bits per heavy atom. The summed E-state index contributed by atoms with van der Waals surface area (Å²) < 4.78 is 86.6. The van der Waals surface area contributed by atoms with Gasteiger partial charge in [-0.05, 0) is 35.8 Å². The highest BCUT2D eigenvalue weighted by Gasteiger charge is 2.60. The molecule has 210 valence electrons. The Bertz CT molecular complexity index is 1320. The van der Waals surface area contributed by atoms with Crippen molar-refractivity contribution in [1.29, 1.82) is 0 Å². The second-order valence-corrected chi connectivity index (χ2v) is 9.98. The van der Waals surface area contributed by atoms with Crippen LogP contribution < -0.4 is 15.0 Å². The first kappa shape index (κ1) is 28.3. The average Bonchev–Trinajstić information content (AvgIpc) is 3.55. The molecular weight excluding hydrogens is 552 g/mol. The Balaban J connectivity index is 1.66. The van der Waals surface area contributed by atoms with Crippen LogP contribution in [0.2, 0.25) is 0 Å². The van der Waals surface area contributed by atoms with Gasteiger partial charge < -0.3 is 15.0 Å². The highest BCUT2D eigenvalue weighted by Crippen LogP contribution is 2.50. The number of hydrogen-bond donors (Lipinski definition) is 2. The monoisotopic (exact) mass is 575 g/mol. The van der Waals surface area contributed by atoms with Crippen molar-refractivity contribution in [2.24, 2.45) is 0 Å². The van der Waals surface area contributed by atoms with Gasteiger partial charge in [-0.3, -0.25) is 4.79 Å². The van der Waals surface area contributed by atoms with Crippen LogP contribution in [0.5, 0.6) is 5.75 Å². The summed E-state index contributed by atoms with van der Waals surface area (Å²) in [5.74, 6) is -1.04. The molecule has 1 amide bonds. The van der Waals surface area contributed by atoms with Gasteiger partial charge in [-0.2, -0.15) is 31.6 Å². The van der Waals surface area contributed by atoms with Crippen LogP contribution >= 0.6 is 11.3 Å². The summed E-state index contributed by atoms with van der Waals surface area (Å²) >= 11 is 1.11.